The van der Waals surface area contributed by atoms with Gasteiger partial charge >= 0.3 is 0 Å². The fourth-order valence-corrected chi connectivity index (χ4v) is 2.23. The first-order valence-electron chi connectivity index (χ1n) is 5.39. The molecule has 6 N–H and O–H groups in total. The highest BCUT2D eigenvalue weighted by atomic mass is 15.5. The second-order valence-corrected chi connectivity index (χ2v) is 4.32. The van der Waals surface area contributed by atoms with Crippen LogP contribution in [0.4, 0.5) is 5.95 Å². The van der Waals surface area contributed by atoms with Gasteiger partial charge in [0.2, 0.25) is 5.95 Å². The topological polar surface area (TPSA) is 109 Å². The van der Waals surface area contributed by atoms with Crippen LogP contribution in [0.3, 0.4) is 0 Å². The SMILES string of the molecule is Nc1nnc(C2(N)CCCCCC2)n1N. The fraction of sp³-hybridized carbons (Fsp3) is 0.778. The van der Waals surface area contributed by atoms with E-state index in [-0.39, 0.29) is 5.95 Å². The molecule has 84 valence electrons. The average molecular weight is 210 g/mol. The van der Waals surface area contributed by atoms with Crippen molar-refractivity contribution in [1.29, 1.82) is 0 Å². The van der Waals surface area contributed by atoms with Crippen LogP contribution in [0, 0.1) is 0 Å². The van der Waals surface area contributed by atoms with Crippen LogP contribution in [-0.2, 0) is 5.54 Å². The monoisotopic (exact) mass is 210 g/mol. The van der Waals surface area contributed by atoms with Crippen molar-refractivity contribution in [3.05, 3.63) is 5.82 Å². The quantitative estimate of drug-likeness (QED) is 0.449. The molecule has 15 heavy (non-hydrogen) atoms. The van der Waals surface area contributed by atoms with Crippen molar-refractivity contribution in [3.8, 4) is 0 Å². The van der Waals surface area contributed by atoms with Crippen LogP contribution >= 0.6 is 0 Å². The van der Waals surface area contributed by atoms with Crippen LogP contribution in [0.1, 0.15) is 44.3 Å². The Bertz CT molecular complexity index is 336. The molecule has 0 unspecified atom stereocenters. The molecule has 0 atom stereocenters. The average Bonchev–Trinajstić information content (AvgIpc) is 2.43. The van der Waals surface area contributed by atoms with E-state index in [1.54, 1.807) is 0 Å². The molecule has 0 bridgehead atoms. The van der Waals surface area contributed by atoms with Crippen molar-refractivity contribution >= 4 is 5.95 Å². The van der Waals surface area contributed by atoms with E-state index < -0.39 is 5.54 Å². The summed E-state index contributed by atoms with van der Waals surface area (Å²) in [4.78, 5) is 0. The number of anilines is 1. The van der Waals surface area contributed by atoms with Crippen LogP contribution in [0.2, 0.25) is 0 Å². The predicted octanol–water partition coefficient (Wildman–Crippen LogP) is 0.0823. The van der Waals surface area contributed by atoms with Crippen molar-refractivity contribution < 1.29 is 0 Å². The molecule has 0 amide bonds. The molecule has 1 aromatic rings. The molecule has 1 aliphatic carbocycles. The molecule has 2 rings (SSSR count). The Morgan fingerprint density at radius 1 is 1.07 bits per heavy atom. The lowest BCUT2D eigenvalue weighted by atomic mass is 9.91. The number of nitrogen functional groups attached to an aromatic ring is 2. The maximum atomic E-state index is 6.34. The van der Waals surface area contributed by atoms with E-state index >= 15 is 0 Å². The van der Waals surface area contributed by atoms with Gasteiger partial charge in [0.15, 0.2) is 5.82 Å². The minimum Gasteiger partial charge on any atom is -0.366 e. The summed E-state index contributed by atoms with van der Waals surface area (Å²) in [6.07, 6.45) is 6.50. The van der Waals surface area contributed by atoms with Gasteiger partial charge in [-0.25, -0.2) is 4.68 Å². The Morgan fingerprint density at radius 2 is 1.67 bits per heavy atom. The molecular formula is C9H18N6. The van der Waals surface area contributed by atoms with Gasteiger partial charge in [-0.15, -0.1) is 10.2 Å². The van der Waals surface area contributed by atoms with Gasteiger partial charge in [0.25, 0.3) is 0 Å². The highest BCUT2D eigenvalue weighted by Gasteiger charge is 2.33. The second kappa shape index (κ2) is 3.69. The summed E-state index contributed by atoms with van der Waals surface area (Å²) < 4.78 is 1.31. The van der Waals surface area contributed by atoms with Crippen LogP contribution in [0.5, 0.6) is 0 Å². The molecule has 6 heteroatoms. The molecule has 1 aromatic heterocycles. The third-order valence-corrected chi connectivity index (χ3v) is 3.16. The minimum atomic E-state index is -0.449. The molecule has 1 heterocycles. The molecular weight excluding hydrogens is 192 g/mol. The lowest BCUT2D eigenvalue weighted by Gasteiger charge is -2.26. The van der Waals surface area contributed by atoms with Gasteiger partial charge in [-0.2, -0.15) is 0 Å². The predicted molar refractivity (Wildman–Crippen MR) is 58.2 cm³/mol. The van der Waals surface area contributed by atoms with Crippen LogP contribution in [0.25, 0.3) is 0 Å². The van der Waals surface area contributed by atoms with Gasteiger partial charge < -0.3 is 17.3 Å². The summed E-state index contributed by atoms with van der Waals surface area (Å²) in [6, 6.07) is 0. The lowest BCUT2D eigenvalue weighted by Crippen LogP contribution is -2.40. The molecule has 1 aliphatic rings. The second-order valence-electron chi connectivity index (χ2n) is 4.32. The van der Waals surface area contributed by atoms with Crippen LogP contribution in [-0.4, -0.2) is 14.9 Å². The summed E-state index contributed by atoms with van der Waals surface area (Å²) in [5, 5.41) is 7.74. The molecule has 0 saturated heterocycles. The van der Waals surface area contributed by atoms with Crippen molar-refractivity contribution in [2.75, 3.05) is 11.6 Å². The molecule has 1 fully saturated rings. The zero-order valence-electron chi connectivity index (χ0n) is 8.82. The van der Waals surface area contributed by atoms with Gasteiger partial charge in [0.1, 0.15) is 0 Å². The van der Waals surface area contributed by atoms with E-state index in [2.05, 4.69) is 10.2 Å². The van der Waals surface area contributed by atoms with E-state index in [9.17, 15) is 0 Å². The van der Waals surface area contributed by atoms with E-state index in [1.807, 2.05) is 0 Å². The molecule has 0 spiro atoms. The van der Waals surface area contributed by atoms with Crippen molar-refractivity contribution in [1.82, 2.24) is 14.9 Å². The molecule has 1 saturated carbocycles. The molecule has 0 aromatic carbocycles. The Hall–Kier alpha value is -1.30. The summed E-state index contributed by atoms with van der Waals surface area (Å²) in [7, 11) is 0. The van der Waals surface area contributed by atoms with Crippen molar-refractivity contribution in [2.24, 2.45) is 5.73 Å². The number of rotatable bonds is 1. The smallest absolute Gasteiger partial charge is 0.240 e. The summed E-state index contributed by atoms with van der Waals surface area (Å²) in [6.45, 7) is 0. The normalized spacial score (nSPS) is 21.1. The third-order valence-electron chi connectivity index (χ3n) is 3.16. The summed E-state index contributed by atoms with van der Waals surface area (Å²) in [5.74, 6) is 6.59. The van der Waals surface area contributed by atoms with Crippen molar-refractivity contribution in [3.63, 3.8) is 0 Å². The van der Waals surface area contributed by atoms with Gasteiger partial charge in [-0.05, 0) is 12.8 Å². The van der Waals surface area contributed by atoms with E-state index in [1.165, 1.54) is 17.5 Å². The Morgan fingerprint density at radius 3 is 2.13 bits per heavy atom. The van der Waals surface area contributed by atoms with Crippen LogP contribution in [0.15, 0.2) is 0 Å². The minimum absolute atomic E-state index is 0.221. The van der Waals surface area contributed by atoms with Gasteiger partial charge in [-0.1, -0.05) is 25.7 Å². The largest absolute Gasteiger partial charge is 0.366 e. The maximum absolute atomic E-state index is 6.34. The number of hydrogen-bond acceptors (Lipinski definition) is 5. The highest BCUT2D eigenvalue weighted by molar-refractivity contribution is 5.21. The van der Waals surface area contributed by atoms with Gasteiger partial charge in [-0.3, -0.25) is 0 Å². The molecule has 0 aliphatic heterocycles. The number of aromatic nitrogens is 3. The van der Waals surface area contributed by atoms with Gasteiger partial charge in [0, 0.05) is 0 Å². The molecule has 6 nitrogen and oxygen atoms in total. The maximum Gasteiger partial charge on any atom is 0.240 e. The summed E-state index contributed by atoms with van der Waals surface area (Å²) >= 11 is 0. The first kappa shape index (κ1) is 10.2. The lowest BCUT2D eigenvalue weighted by molar-refractivity contribution is 0.355. The number of nitrogens with zero attached hydrogens (tertiary/aromatic N) is 3. The standard InChI is InChI=1S/C9H18N6/c10-8-14-13-7(15(8)12)9(11)5-3-1-2-4-6-9/h1-6,11-12H2,(H2,10,14). The van der Waals surface area contributed by atoms with E-state index in [4.69, 9.17) is 17.3 Å². The zero-order valence-corrected chi connectivity index (χ0v) is 8.82. The number of hydrogen-bond donors (Lipinski definition) is 3. The third kappa shape index (κ3) is 1.77. The first-order valence-corrected chi connectivity index (χ1v) is 5.39. The summed E-state index contributed by atoms with van der Waals surface area (Å²) in [5.41, 5.74) is 11.4. The number of nitrogens with two attached hydrogens (primary N) is 3. The molecule has 0 radical (unpaired) electrons. The van der Waals surface area contributed by atoms with Crippen LogP contribution < -0.4 is 17.3 Å². The van der Waals surface area contributed by atoms with Crippen molar-refractivity contribution in [2.45, 2.75) is 44.1 Å². The fourth-order valence-electron chi connectivity index (χ4n) is 2.23. The van der Waals surface area contributed by atoms with Gasteiger partial charge in [0.05, 0.1) is 5.54 Å². The highest BCUT2D eigenvalue weighted by Crippen LogP contribution is 2.32. The van der Waals surface area contributed by atoms with E-state index in [0.29, 0.717) is 5.82 Å². The Balaban J connectivity index is 2.30. The Kier molecular flexibility index (Phi) is 2.52. The zero-order chi connectivity index (χ0) is 10.9. The first-order chi connectivity index (χ1) is 7.13. The van der Waals surface area contributed by atoms with E-state index in [0.717, 1.165) is 25.7 Å². The Labute approximate surface area is 88.8 Å².